The van der Waals surface area contributed by atoms with Crippen LogP contribution in [0.4, 0.5) is 0 Å². The van der Waals surface area contributed by atoms with Crippen LogP contribution in [0.1, 0.15) is 73.6 Å². The molecule has 0 aromatic rings. The predicted octanol–water partition coefficient (Wildman–Crippen LogP) is 6.79. The third-order valence-corrected chi connectivity index (χ3v) is 59.1. The molecule has 0 atom stereocenters. The summed E-state index contributed by atoms with van der Waals surface area (Å²) in [6.45, 7) is 14.3. The van der Waals surface area contributed by atoms with Crippen molar-refractivity contribution in [2.24, 2.45) is 11.8 Å². The van der Waals surface area contributed by atoms with E-state index in [0.717, 1.165) is 0 Å². The van der Waals surface area contributed by atoms with Gasteiger partial charge in [-0.15, -0.1) is 0 Å². The normalized spacial score (nSPS) is 23.2. The summed E-state index contributed by atoms with van der Waals surface area (Å²) in [5.41, 5.74) is 0.191. The molecule has 1 saturated heterocycles. The van der Waals surface area contributed by atoms with Gasteiger partial charge in [-0.2, -0.15) is 0 Å². The maximum atomic E-state index is 7.27. The van der Waals surface area contributed by atoms with E-state index in [1.807, 2.05) is 0 Å². The Bertz CT molecular complexity index is 320. The van der Waals surface area contributed by atoms with Crippen molar-refractivity contribution in [1.82, 2.24) is 0 Å². The van der Waals surface area contributed by atoms with E-state index in [0.29, 0.717) is 11.8 Å². The second-order valence-corrected chi connectivity index (χ2v) is 48.8. The Kier molecular flexibility index (Phi) is 8.08. The molecule has 0 radical (unpaired) electrons. The molecule has 3 heteroatoms. The van der Waals surface area contributed by atoms with Gasteiger partial charge in [-0.1, -0.05) is 0 Å². The van der Waals surface area contributed by atoms with Gasteiger partial charge in [0.2, 0.25) is 0 Å². The van der Waals surface area contributed by atoms with Crippen LogP contribution in [0.2, 0.25) is 27.3 Å². The molecule has 0 N–H and O–H groups in total. The Balaban J connectivity index is 3.08. The fourth-order valence-electron chi connectivity index (χ4n) is 4.86. The van der Waals surface area contributed by atoms with Gasteiger partial charge < -0.3 is 0 Å². The molecule has 1 aliphatic heterocycles. The molecule has 1 fully saturated rings. The molecule has 1 nitrogen and oxygen atoms in total. The first kappa shape index (κ1) is 21.1. The average Bonchev–Trinajstić information content (AvgIpc) is 2.43. The number of unbranched alkanes of at least 4 members (excludes halogenated alkanes) is 2. The molecule has 1 heterocycles. The van der Waals surface area contributed by atoms with Crippen LogP contribution in [0.3, 0.4) is 0 Å². The van der Waals surface area contributed by atoms with E-state index in [2.05, 4.69) is 53.1 Å². The van der Waals surface area contributed by atoms with Crippen molar-refractivity contribution in [3.05, 3.63) is 0 Å². The Morgan fingerprint density at radius 2 is 1.36 bits per heavy atom. The van der Waals surface area contributed by atoms with Gasteiger partial charge in [-0.3, -0.25) is 0 Å². The van der Waals surface area contributed by atoms with Crippen molar-refractivity contribution in [2.45, 2.75) is 107 Å². The Labute approximate surface area is 144 Å². The monoisotopic (exact) mass is 434 g/mol. The molecule has 1 rings (SSSR count). The zero-order valence-corrected chi connectivity index (χ0v) is 20.9. The van der Waals surface area contributed by atoms with Crippen molar-refractivity contribution in [3.8, 4) is 0 Å². The van der Waals surface area contributed by atoms with Gasteiger partial charge in [0.25, 0.3) is 0 Å². The number of hydrogen-bond acceptors (Lipinski definition) is 1. The van der Waals surface area contributed by atoms with Crippen molar-refractivity contribution in [3.63, 3.8) is 0 Å². The molecule has 0 aliphatic carbocycles. The average molecular weight is 432 g/mol. The van der Waals surface area contributed by atoms with Gasteiger partial charge in [-0.05, 0) is 0 Å². The zero-order valence-electron chi connectivity index (χ0n) is 16.7. The molecule has 0 amide bonds. The predicted molar refractivity (Wildman–Crippen MR) is 106 cm³/mol. The summed E-state index contributed by atoms with van der Waals surface area (Å²) in [6.07, 6.45) is 7.05. The third kappa shape index (κ3) is 4.17. The first-order chi connectivity index (χ1) is 10.2. The van der Waals surface area contributed by atoms with Gasteiger partial charge in [0.05, 0.1) is 0 Å². The van der Waals surface area contributed by atoms with Gasteiger partial charge in [-0.25, -0.2) is 0 Å². The first-order valence-corrected chi connectivity index (χ1v) is 25.9. The molecule has 0 bridgehead atoms. The van der Waals surface area contributed by atoms with Crippen LogP contribution >= 0.6 is 0 Å². The van der Waals surface area contributed by atoms with Crippen molar-refractivity contribution in [2.75, 3.05) is 0 Å². The summed E-state index contributed by atoms with van der Waals surface area (Å²) in [6, 6.07) is 0. The molecular weight excluding hydrogens is 389 g/mol. The Morgan fingerprint density at radius 1 is 0.909 bits per heavy atom. The summed E-state index contributed by atoms with van der Waals surface area (Å²) in [4.78, 5) is 0. The fraction of sp³-hybridized carbons (Fsp3) is 1.00. The van der Waals surface area contributed by atoms with Crippen LogP contribution < -0.4 is 0 Å². The summed E-state index contributed by atoms with van der Waals surface area (Å²) >= 11 is -3.89. The second kappa shape index (κ2) is 8.42. The van der Waals surface area contributed by atoms with E-state index >= 15 is 0 Å². The number of hydrogen-bond donors (Lipinski definition) is 0. The molecule has 0 aromatic carbocycles. The van der Waals surface area contributed by atoms with E-state index in [9.17, 15) is 0 Å². The molecule has 132 valence electrons. The molecular formula is C19H42Ge2O. The zero-order chi connectivity index (χ0) is 17.0. The standard InChI is InChI=1S/C19H42Ge2O/c1-9-11-14-21(15-12-10-2)16-13-19(17(3)4,18(5)6)22-20(21,7)8/h17-18H,9-16H2,1-8H3. The molecule has 0 unspecified atom stereocenters. The van der Waals surface area contributed by atoms with Crippen LogP contribution in [-0.4, -0.2) is 28.5 Å². The molecule has 0 aromatic heterocycles. The first-order valence-electron chi connectivity index (χ1n) is 9.87. The van der Waals surface area contributed by atoms with E-state index in [1.54, 1.807) is 15.8 Å². The van der Waals surface area contributed by atoms with E-state index in [-0.39, 0.29) is 5.60 Å². The van der Waals surface area contributed by atoms with E-state index in [1.165, 1.54) is 32.1 Å². The topological polar surface area (TPSA) is 9.23 Å². The number of rotatable bonds is 8. The maximum absolute atomic E-state index is 7.27. The van der Waals surface area contributed by atoms with E-state index in [4.69, 9.17) is 3.76 Å². The summed E-state index contributed by atoms with van der Waals surface area (Å²) < 4.78 is 7.27. The molecule has 0 spiro atoms. The third-order valence-electron chi connectivity index (χ3n) is 6.69. The van der Waals surface area contributed by atoms with Crippen molar-refractivity contribution < 1.29 is 3.76 Å². The van der Waals surface area contributed by atoms with Crippen LogP contribution in [0.25, 0.3) is 0 Å². The van der Waals surface area contributed by atoms with Crippen molar-refractivity contribution in [1.29, 1.82) is 0 Å². The summed E-state index contributed by atoms with van der Waals surface area (Å²) in [5, 5.41) is 4.83. The van der Waals surface area contributed by atoms with Crippen LogP contribution in [0.5, 0.6) is 0 Å². The minimum atomic E-state index is -2.11. The molecule has 0 saturated carbocycles. The van der Waals surface area contributed by atoms with Crippen LogP contribution in [-0.2, 0) is 3.76 Å². The quantitative estimate of drug-likeness (QED) is 0.384. The van der Waals surface area contributed by atoms with Gasteiger partial charge in [0.15, 0.2) is 0 Å². The minimum absolute atomic E-state index is 0.191. The molecule has 1 aliphatic rings. The molecule has 22 heavy (non-hydrogen) atoms. The van der Waals surface area contributed by atoms with Gasteiger partial charge in [0.1, 0.15) is 0 Å². The Hall–Kier alpha value is 1.05. The summed E-state index contributed by atoms with van der Waals surface area (Å²) in [7, 11) is 0. The Morgan fingerprint density at radius 3 is 1.68 bits per heavy atom. The van der Waals surface area contributed by atoms with E-state index < -0.39 is 22.9 Å². The summed E-state index contributed by atoms with van der Waals surface area (Å²) in [5.74, 6) is 6.64. The second-order valence-electron chi connectivity index (χ2n) is 8.86. The SMILES string of the molecule is CCC[CH2][Ge]1([CH2]CCC)[CH2]CC(C(C)C)(C(C)C)[O][Ge]1([CH3])[CH3]. The van der Waals surface area contributed by atoms with Crippen LogP contribution in [0.15, 0.2) is 0 Å². The van der Waals surface area contributed by atoms with Crippen molar-refractivity contribution >= 4 is 22.9 Å². The van der Waals surface area contributed by atoms with Gasteiger partial charge in [0, 0.05) is 0 Å². The van der Waals surface area contributed by atoms with Crippen LogP contribution in [0, 0.1) is 11.8 Å². The fourth-order valence-corrected chi connectivity index (χ4v) is 49.4. The van der Waals surface area contributed by atoms with Gasteiger partial charge >= 0.3 is 145 Å².